The molecule has 4 nitrogen and oxygen atoms in total. The number of nitrogens with one attached hydrogen (secondary N) is 2. The van der Waals surface area contributed by atoms with Crippen molar-refractivity contribution in [3.05, 3.63) is 76.3 Å². The van der Waals surface area contributed by atoms with Crippen molar-refractivity contribution in [1.82, 2.24) is 15.2 Å². The molecule has 8 heteroatoms. The van der Waals surface area contributed by atoms with E-state index in [1.165, 1.54) is 18.3 Å². The fourth-order valence-corrected chi connectivity index (χ4v) is 2.73. The molecule has 2 heterocycles. The smallest absolute Gasteiger partial charge is 0.372 e. The Balaban J connectivity index is 2.11. The summed E-state index contributed by atoms with van der Waals surface area (Å²) in [4.78, 5) is 4.04. The first-order chi connectivity index (χ1) is 11.9. The number of aryl methyl sites for hydroxylation is 1. The zero-order chi connectivity index (χ0) is 18.0. The Morgan fingerprint density at radius 3 is 2.64 bits per heavy atom. The van der Waals surface area contributed by atoms with Gasteiger partial charge in [-0.25, -0.2) is 4.98 Å². The van der Waals surface area contributed by atoms with Gasteiger partial charge in [0.05, 0.1) is 23.5 Å². The van der Waals surface area contributed by atoms with Crippen LogP contribution in [0, 0.1) is 6.92 Å². The van der Waals surface area contributed by atoms with Gasteiger partial charge in [0.2, 0.25) is 0 Å². The van der Waals surface area contributed by atoms with E-state index in [4.69, 9.17) is 11.6 Å². The molecule has 2 aromatic heterocycles. The van der Waals surface area contributed by atoms with Crippen LogP contribution in [0.1, 0.15) is 28.3 Å². The monoisotopic (exact) mass is 366 g/mol. The summed E-state index contributed by atoms with van der Waals surface area (Å²) in [6.45, 7) is 1.82. The number of H-pyrrole nitrogens is 1. The van der Waals surface area contributed by atoms with Gasteiger partial charge in [-0.15, -0.1) is 0 Å². The van der Waals surface area contributed by atoms with Crippen molar-refractivity contribution in [3.8, 4) is 0 Å². The lowest BCUT2D eigenvalue weighted by atomic mass is 9.95. The molecule has 1 aromatic carbocycles. The molecule has 1 atom stereocenters. The lowest BCUT2D eigenvalue weighted by molar-refractivity contribution is -0.138. The molecule has 0 aliphatic rings. The SMILES string of the molecule is Cc1cnc(Cl)c(NC(c2cn[nH]c2)c2ccccc2C(F)(F)F)c1. The first-order valence-corrected chi connectivity index (χ1v) is 7.77. The Hall–Kier alpha value is -2.54. The predicted octanol–water partition coefficient (Wildman–Crippen LogP) is 4.99. The van der Waals surface area contributed by atoms with Gasteiger partial charge in [-0.2, -0.15) is 18.3 Å². The Kier molecular flexibility index (Phi) is 4.67. The number of nitrogens with zero attached hydrogens (tertiary/aromatic N) is 2. The van der Waals surface area contributed by atoms with Crippen LogP contribution in [0.4, 0.5) is 18.9 Å². The van der Waals surface area contributed by atoms with E-state index >= 15 is 0 Å². The average Bonchev–Trinajstić information content (AvgIpc) is 3.09. The van der Waals surface area contributed by atoms with E-state index in [1.807, 2.05) is 6.92 Å². The Morgan fingerprint density at radius 2 is 1.96 bits per heavy atom. The molecule has 2 N–H and O–H groups in total. The van der Waals surface area contributed by atoms with Crippen LogP contribution in [0.25, 0.3) is 0 Å². The van der Waals surface area contributed by atoms with Crippen LogP contribution in [-0.4, -0.2) is 15.2 Å². The van der Waals surface area contributed by atoms with E-state index < -0.39 is 17.8 Å². The summed E-state index contributed by atoms with van der Waals surface area (Å²) in [6.07, 6.45) is 0.128. The Morgan fingerprint density at radius 1 is 1.20 bits per heavy atom. The minimum absolute atomic E-state index is 0.0778. The number of anilines is 1. The highest BCUT2D eigenvalue weighted by molar-refractivity contribution is 6.32. The van der Waals surface area contributed by atoms with Gasteiger partial charge in [0, 0.05) is 18.0 Å². The van der Waals surface area contributed by atoms with Gasteiger partial charge in [0.25, 0.3) is 0 Å². The molecule has 1 unspecified atom stereocenters. The minimum atomic E-state index is -4.48. The maximum atomic E-state index is 13.4. The number of hydrogen-bond acceptors (Lipinski definition) is 3. The van der Waals surface area contributed by atoms with Crippen molar-refractivity contribution in [2.45, 2.75) is 19.1 Å². The van der Waals surface area contributed by atoms with Crippen molar-refractivity contribution in [1.29, 1.82) is 0 Å². The maximum Gasteiger partial charge on any atom is 0.416 e. The number of rotatable bonds is 4. The van der Waals surface area contributed by atoms with Crippen LogP contribution in [0.5, 0.6) is 0 Å². The van der Waals surface area contributed by atoms with Gasteiger partial charge in [-0.1, -0.05) is 29.8 Å². The summed E-state index contributed by atoms with van der Waals surface area (Å²) in [5.74, 6) is 0. The summed E-state index contributed by atoms with van der Waals surface area (Å²) in [5.41, 5.74) is 1.19. The first-order valence-electron chi connectivity index (χ1n) is 7.39. The van der Waals surface area contributed by atoms with Crippen molar-refractivity contribution < 1.29 is 13.2 Å². The van der Waals surface area contributed by atoms with E-state index in [0.717, 1.165) is 11.6 Å². The predicted molar refractivity (Wildman–Crippen MR) is 89.5 cm³/mol. The third-order valence-electron chi connectivity index (χ3n) is 3.71. The van der Waals surface area contributed by atoms with Gasteiger partial charge in [-0.3, -0.25) is 5.10 Å². The Bertz CT molecular complexity index is 863. The zero-order valence-corrected chi connectivity index (χ0v) is 13.9. The molecule has 130 valence electrons. The molecule has 0 spiro atoms. The number of pyridine rings is 1. The second-order valence-electron chi connectivity index (χ2n) is 5.55. The summed E-state index contributed by atoms with van der Waals surface area (Å²) < 4.78 is 40.3. The molecule has 0 aliphatic carbocycles. The third kappa shape index (κ3) is 3.76. The van der Waals surface area contributed by atoms with Crippen molar-refractivity contribution in [2.75, 3.05) is 5.32 Å². The van der Waals surface area contributed by atoms with Crippen molar-refractivity contribution in [2.24, 2.45) is 0 Å². The van der Waals surface area contributed by atoms with Crippen molar-refractivity contribution >= 4 is 17.3 Å². The van der Waals surface area contributed by atoms with Crippen LogP contribution < -0.4 is 5.32 Å². The molecule has 0 radical (unpaired) electrons. The molecular weight excluding hydrogens is 353 g/mol. The lowest BCUT2D eigenvalue weighted by Crippen LogP contribution is -2.18. The van der Waals surface area contributed by atoms with Gasteiger partial charge in [-0.05, 0) is 30.2 Å². The van der Waals surface area contributed by atoms with Crippen LogP contribution >= 0.6 is 11.6 Å². The summed E-state index contributed by atoms with van der Waals surface area (Å²) in [5, 5.41) is 9.73. The molecule has 3 rings (SSSR count). The highest BCUT2D eigenvalue weighted by Gasteiger charge is 2.35. The molecule has 0 saturated carbocycles. The highest BCUT2D eigenvalue weighted by atomic mass is 35.5. The second kappa shape index (κ2) is 6.76. The first kappa shape index (κ1) is 17.3. The molecule has 0 fully saturated rings. The molecule has 25 heavy (non-hydrogen) atoms. The van der Waals surface area contributed by atoms with Crippen LogP contribution in [0.15, 0.2) is 48.9 Å². The molecule has 0 aliphatic heterocycles. The van der Waals surface area contributed by atoms with Gasteiger partial charge in [0.15, 0.2) is 5.15 Å². The summed E-state index contributed by atoms with van der Waals surface area (Å²) in [7, 11) is 0. The zero-order valence-electron chi connectivity index (χ0n) is 13.1. The van der Waals surface area contributed by atoms with Crippen LogP contribution in [-0.2, 0) is 6.18 Å². The number of halogens is 4. The number of aromatic nitrogens is 3. The number of hydrogen-bond donors (Lipinski definition) is 2. The average molecular weight is 367 g/mol. The van der Waals surface area contributed by atoms with Gasteiger partial charge >= 0.3 is 6.18 Å². The Labute approximate surface area is 147 Å². The number of aromatic amines is 1. The fourth-order valence-electron chi connectivity index (χ4n) is 2.58. The molecule has 3 aromatic rings. The number of alkyl halides is 3. The van der Waals surface area contributed by atoms with Gasteiger partial charge in [0.1, 0.15) is 0 Å². The maximum absolute atomic E-state index is 13.4. The summed E-state index contributed by atoms with van der Waals surface area (Å²) >= 11 is 6.10. The van der Waals surface area contributed by atoms with E-state index in [1.54, 1.807) is 24.5 Å². The topological polar surface area (TPSA) is 53.6 Å². The van der Waals surface area contributed by atoms with Crippen molar-refractivity contribution in [3.63, 3.8) is 0 Å². The highest BCUT2D eigenvalue weighted by Crippen LogP contribution is 2.38. The quantitative estimate of drug-likeness (QED) is 0.640. The third-order valence-corrected chi connectivity index (χ3v) is 4.01. The van der Waals surface area contributed by atoms with Crippen LogP contribution in [0.3, 0.4) is 0 Å². The van der Waals surface area contributed by atoms with E-state index in [2.05, 4.69) is 20.5 Å². The normalized spacial score (nSPS) is 12.8. The lowest BCUT2D eigenvalue weighted by Gasteiger charge is -2.23. The summed E-state index contributed by atoms with van der Waals surface area (Å²) in [6, 6.07) is 6.36. The minimum Gasteiger partial charge on any atom is -0.372 e. The van der Waals surface area contributed by atoms with Gasteiger partial charge < -0.3 is 5.32 Å². The standard InChI is InChI=1S/C17H14ClF3N4/c1-10-6-14(16(18)22-7-10)25-15(11-8-23-24-9-11)12-4-2-3-5-13(12)17(19,20)21/h2-9,15,25H,1H3,(H,23,24). The second-order valence-corrected chi connectivity index (χ2v) is 5.90. The fraction of sp³-hybridized carbons (Fsp3) is 0.176. The van der Waals surface area contributed by atoms with E-state index in [0.29, 0.717) is 11.3 Å². The van der Waals surface area contributed by atoms with Crippen LogP contribution in [0.2, 0.25) is 5.15 Å². The molecule has 0 saturated heterocycles. The molecular formula is C17H14ClF3N4. The molecule has 0 bridgehead atoms. The largest absolute Gasteiger partial charge is 0.416 e. The molecule has 0 amide bonds. The van der Waals surface area contributed by atoms with E-state index in [9.17, 15) is 13.2 Å². The number of benzene rings is 1. The van der Waals surface area contributed by atoms with E-state index in [-0.39, 0.29) is 10.7 Å².